The molecule has 0 radical (unpaired) electrons. The van der Waals surface area contributed by atoms with Crippen molar-refractivity contribution in [2.75, 3.05) is 0 Å². The number of nitrogens with zero attached hydrogens (tertiary/aromatic N) is 1. The highest BCUT2D eigenvalue weighted by molar-refractivity contribution is 6.87. The van der Waals surface area contributed by atoms with Gasteiger partial charge in [-0.05, 0) is 252 Å². The molecule has 0 spiro atoms. The molecule has 14 aromatic rings. The first-order valence-corrected chi connectivity index (χ1v) is 48.1. The van der Waals surface area contributed by atoms with Crippen LogP contribution in [0.15, 0.2) is 249 Å². The van der Waals surface area contributed by atoms with Gasteiger partial charge < -0.3 is 14.6 Å². The molecule has 5 heteroatoms. The average Bonchev–Trinajstić information content (AvgIpc) is 1.51. The Balaban J connectivity index is 0.574. The summed E-state index contributed by atoms with van der Waals surface area (Å²) in [6.07, 6.45) is 36.5. The normalized spacial score (nSPS) is 14.9. The van der Waals surface area contributed by atoms with Crippen LogP contribution in [0.4, 0.5) is 0 Å². The van der Waals surface area contributed by atoms with Crippen molar-refractivity contribution >= 4 is 57.5 Å². The molecule has 0 unspecified atom stereocenters. The van der Waals surface area contributed by atoms with E-state index in [4.69, 9.17) is 0 Å². The highest BCUT2D eigenvalue weighted by Crippen LogP contribution is 2.59. The van der Waals surface area contributed by atoms with Crippen LogP contribution in [0.5, 0.6) is 0 Å². The Morgan fingerprint density at radius 3 is 0.797 bits per heavy atom. The van der Waals surface area contributed by atoms with Crippen LogP contribution >= 0.6 is 0 Å². The van der Waals surface area contributed by atoms with Gasteiger partial charge in [-0.2, -0.15) is 0 Å². The standard InChI is InChI=1S/C118H123B2NO2/c1-9-13-17-21-25-33-64-117(65-34-26-22-18-14-10-2)100-40-31-29-38-90(100)96-62-56-86(74-106(96)117)84-54-60-94-92-58-52-82(70-102(92)115(5,6)104(94)72-84)78-44-48-80(49-45-78)88-68-98-99-69-89(77-111-113(99)121-112(98)110(76-88)119(122)108-42-37-43-109(114(108)121)120(111)123)81-50-46-79(47-51-81)83-53-59-93-95-61-55-85(73-105(95)116(7,8)103(93)71-83)87-57-63-97-91-39-30-32-41-101(91)118(107(97)75-87,66-35-27-23-19-15-11-3)67-36-28-24-20-16-12-4/h29-32,37-63,68-77,122-123H,9-28,33-36,64-67H2,1-8H3. The lowest BCUT2D eigenvalue weighted by Crippen LogP contribution is -2.56. The van der Waals surface area contributed by atoms with Gasteiger partial charge in [0.15, 0.2) is 0 Å². The van der Waals surface area contributed by atoms with Crippen LogP contribution in [0.1, 0.15) is 280 Å². The smallest absolute Gasteiger partial charge is 0.363 e. The second-order valence-corrected chi connectivity index (χ2v) is 39.1. The van der Waals surface area contributed by atoms with Gasteiger partial charge >= 0.3 is 13.8 Å². The fourth-order valence-corrected chi connectivity index (χ4v) is 24.3. The molecule has 1 aromatic heterocycles. The van der Waals surface area contributed by atoms with Gasteiger partial charge in [0.1, 0.15) is 0 Å². The minimum Gasteiger partial charge on any atom is -0.443 e. The molecule has 0 atom stereocenters. The summed E-state index contributed by atoms with van der Waals surface area (Å²) in [5.74, 6) is 0. The quantitative estimate of drug-likeness (QED) is 0.0312. The van der Waals surface area contributed by atoms with E-state index in [0.717, 1.165) is 71.6 Å². The van der Waals surface area contributed by atoms with E-state index < -0.39 is 13.8 Å². The van der Waals surface area contributed by atoms with Gasteiger partial charge in [-0.15, -0.1) is 0 Å². The van der Waals surface area contributed by atoms with Crippen molar-refractivity contribution in [3.05, 3.63) is 293 Å². The Labute approximate surface area is 734 Å². The van der Waals surface area contributed by atoms with Gasteiger partial charge in [0, 0.05) is 38.1 Å². The molecular formula is C118H123B2NO2. The lowest BCUT2D eigenvalue weighted by molar-refractivity contribution is 0.398. The van der Waals surface area contributed by atoms with E-state index in [0.29, 0.717) is 0 Å². The van der Waals surface area contributed by atoms with Gasteiger partial charge in [0.05, 0.1) is 11.0 Å². The number of rotatable bonds is 34. The van der Waals surface area contributed by atoms with E-state index >= 15 is 0 Å². The van der Waals surface area contributed by atoms with Crippen molar-refractivity contribution in [1.82, 2.24) is 4.57 Å². The zero-order chi connectivity index (χ0) is 83.9. The van der Waals surface area contributed by atoms with Gasteiger partial charge in [0.25, 0.3) is 0 Å². The lowest BCUT2D eigenvalue weighted by atomic mass is 9.48. The largest absolute Gasteiger partial charge is 0.443 e. The Morgan fingerprint density at radius 2 is 0.480 bits per heavy atom. The van der Waals surface area contributed by atoms with E-state index in [-0.39, 0.29) is 21.7 Å². The summed E-state index contributed by atoms with van der Waals surface area (Å²) in [5.41, 5.74) is 43.2. The molecule has 4 aliphatic carbocycles. The molecule has 0 amide bonds. The van der Waals surface area contributed by atoms with E-state index in [1.165, 1.54) is 291 Å². The minimum absolute atomic E-state index is 0.0359. The maximum atomic E-state index is 12.7. The number of fused-ring (bicyclic) bond motifs is 13. The third-order valence-electron chi connectivity index (χ3n) is 31.0. The summed E-state index contributed by atoms with van der Waals surface area (Å²) in [4.78, 5) is 0. The number of para-hydroxylation sites is 1. The molecule has 0 bridgehead atoms. The maximum absolute atomic E-state index is 12.7. The average molecular weight is 1610 g/mol. The van der Waals surface area contributed by atoms with Crippen molar-refractivity contribution in [3.63, 3.8) is 0 Å². The molecule has 3 nitrogen and oxygen atoms in total. The summed E-state index contributed by atoms with van der Waals surface area (Å²) in [5, 5.41) is 27.5. The molecule has 0 saturated heterocycles. The predicted molar refractivity (Wildman–Crippen MR) is 527 cm³/mol. The Kier molecular flexibility index (Phi) is 22.0. The summed E-state index contributed by atoms with van der Waals surface area (Å²) in [6.45, 7) is 17.3. The number of hydrogen-bond donors (Lipinski definition) is 2. The molecule has 2 aliphatic heterocycles. The lowest BCUT2D eigenvalue weighted by Gasteiger charge is -2.33. The maximum Gasteiger partial charge on any atom is 0.363 e. The van der Waals surface area contributed by atoms with Crippen LogP contribution in [0.3, 0.4) is 0 Å². The van der Waals surface area contributed by atoms with E-state index in [1.807, 2.05) is 18.2 Å². The first-order valence-electron chi connectivity index (χ1n) is 48.1. The van der Waals surface area contributed by atoms with Crippen molar-refractivity contribution in [2.24, 2.45) is 0 Å². The Hall–Kier alpha value is -10.3. The van der Waals surface area contributed by atoms with Crippen LogP contribution in [0, 0.1) is 0 Å². The zero-order valence-electron chi connectivity index (χ0n) is 74.5. The molecule has 13 aromatic carbocycles. The van der Waals surface area contributed by atoms with E-state index in [9.17, 15) is 10.0 Å². The third-order valence-corrected chi connectivity index (χ3v) is 31.0. The number of benzene rings is 13. The molecule has 0 fully saturated rings. The van der Waals surface area contributed by atoms with E-state index in [2.05, 4.69) is 290 Å². The van der Waals surface area contributed by atoms with Crippen LogP contribution in [-0.4, -0.2) is 28.4 Å². The van der Waals surface area contributed by atoms with Crippen LogP contribution < -0.4 is 21.9 Å². The summed E-state index contributed by atoms with van der Waals surface area (Å²) in [6, 6.07) is 96.5. The molecule has 123 heavy (non-hydrogen) atoms. The third kappa shape index (κ3) is 13.8. The zero-order valence-corrected chi connectivity index (χ0v) is 74.5. The van der Waals surface area contributed by atoms with Crippen molar-refractivity contribution in [2.45, 2.75) is 257 Å². The summed E-state index contributed by atoms with van der Waals surface area (Å²) >= 11 is 0. The highest BCUT2D eigenvalue weighted by atomic mass is 16.2. The first-order chi connectivity index (χ1) is 60.2. The number of aromatic nitrogens is 1. The summed E-state index contributed by atoms with van der Waals surface area (Å²) < 4.78 is 2.36. The monoisotopic (exact) mass is 1610 g/mol. The van der Waals surface area contributed by atoms with Gasteiger partial charge in [-0.25, -0.2) is 0 Å². The second kappa shape index (κ2) is 33.3. The Morgan fingerprint density at radius 1 is 0.228 bits per heavy atom. The first kappa shape index (κ1) is 81.1. The topological polar surface area (TPSA) is 45.4 Å². The van der Waals surface area contributed by atoms with Crippen LogP contribution in [-0.2, 0) is 21.7 Å². The minimum atomic E-state index is -0.870. The van der Waals surface area contributed by atoms with Gasteiger partial charge in [-0.1, -0.05) is 410 Å². The number of hydrogen-bond acceptors (Lipinski definition) is 2. The highest BCUT2D eigenvalue weighted by Gasteiger charge is 2.47. The summed E-state index contributed by atoms with van der Waals surface area (Å²) in [7, 11) is 0. The fraction of sp³-hybridized carbons (Fsp3) is 0.339. The molecule has 20 rings (SSSR count). The Bertz CT molecular complexity index is 5970. The fourth-order valence-electron chi connectivity index (χ4n) is 24.3. The molecular weight excluding hydrogens is 1480 g/mol. The molecule has 6 aliphatic rings. The van der Waals surface area contributed by atoms with Crippen LogP contribution in [0.2, 0.25) is 0 Å². The van der Waals surface area contributed by atoms with Crippen molar-refractivity contribution < 1.29 is 10.0 Å². The second-order valence-electron chi connectivity index (χ2n) is 39.1. The van der Waals surface area contributed by atoms with Crippen molar-refractivity contribution in [3.8, 4) is 117 Å². The molecule has 3 heterocycles. The molecule has 2 N–H and O–H groups in total. The number of unbranched alkanes of at least 4 members (excludes halogenated alkanes) is 20. The van der Waals surface area contributed by atoms with Crippen LogP contribution in [0.25, 0.3) is 139 Å². The van der Waals surface area contributed by atoms with Crippen molar-refractivity contribution in [1.29, 1.82) is 0 Å². The predicted octanol–water partition coefficient (Wildman–Crippen LogP) is 29.8. The van der Waals surface area contributed by atoms with Gasteiger partial charge in [0.2, 0.25) is 0 Å². The molecule has 618 valence electrons. The van der Waals surface area contributed by atoms with Gasteiger partial charge in [-0.3, -0.25) is 0 Å². The molecule has 0 saturated carbocycles. The van der Waals surface area contributed by atoms with E-state index in [1.54, 1.807) is 22.3 Å². The SMILES string of the molecule is CCCCCCCCC1(CCCCCCCC)c2ccccc2-c2ccc(-c3ccc4c(c3)C(C)(C)c3cc(-c5ccc(-c6cc7c8c(c6)c6cc(-c9ccc(-c%10ccc%11c(c%10)C(C)(C)c%10cc(-c%12ccc%13c(c%12)C(CCCCCCCC)(CCCCCCCC)c%12ccccc%12-%13)ccc%10-%11)cc9)cc9c6n8-c6c(cccc6B9O)B7O)cc5)ccc3-4)cc21.